The third-order valence-corrected chi connectivity index (χ3v) is 6.95. The van der Waals surface area contributed by atoms with Crippen molar-refractivity contribution < 1.29 is 25.2 Å². The molecular formula is C21H29FN2O4S. The van der Waals surface area contributed by atoms with Gasteiger partial charge in [-0.15, -0.1) is 0 Å². The van der Waals surface area contributed by atoms with Crippen molar-refractivity contribution in [3.8, 4) is 16.9 Å². The molecule has 6 nitrogen and oxygen atoms in total. The number of sulfonamides is 1. The predicted octanol–water partition coefficient (Wildman–Crippen LogP) is 3.71. The van der Waals surface area contributed by atoms with Gasteiger partial charge in [0, 0.05) is 20.0 Å². The summed E-state index contributed by atoms with van der Waals surface area (Å²) in [6.07, 6.45) is 1.84. The van der Waals surface area contributed by atoms with Gasteiger partial charge in [0.1, 0.15) is 17.7 Å². The maximum Gasteiger partial charge on any atom is 0.248 e. The lowest BCUT2D eigenvalue weighted by Gasteiger charge is -2.23. The van der Waals surface area contributed by atoms with E-state index in [2.05, 4.69) is 4.72 Å². The summed E-state index contributed by atoms with van der Waals surface area (Å²) in [5, 5.41) is -0.531. The summed E-state index contributed by atoms with van der Waals surface area (Å²) >= 11 is 0. The minimum absolute atomic E-state index is 0. The van der Waals surface area contributed by atoms with Crippen molar-refractivity contribution >= 4 is 15.9 Å². The lowest BCUT2D eigenvalue weighted by molar-refractivity contribution is 0.100. The maximum atomic E-state index is 14.7. The van der Waals surface area contributed by atoms with Gasteiger partial charge in [0.2, 0.25) is 15.9 Å². The number of benzene rings is 2. The standard InChI is InChI=1S/C21H25FN2O4S.2H2/c1-13(2)29(26,27)24-19-7-4-8-20(19)28-16-9-10-17(18(22)12-16)14-5-3-6-15(11-14)21(23)25;;/h3,5-6,9-13,19-20,24H,4,7-8H2,1-2H3,(H2,23,25);2*1H/t19-,20+;;/m0../s1. The summed E-state index contributed by atoms with van der Waals surface area (Å²) in [6, 6.07) is 10.6. The minimum Gasteiger partial charge on any atom is -0.489 e. The molecule has 1 fully saturated rings. The van der Waals surface area contributed by atoms with Gasteiger partial charge in [0.05, 0.1) is 11.3 Å². The molecule has 1 amide bonds. The van der Waals surface area contributed by atoms with Crippen LogP contribution in [-0.2, 0) is 10.0 Å². The van der Waals surface area contributed by atoms with E-state index in [0.717, 1.165) is 6.42 Å². The average molecular weight is 425 g/mol. The van der Waals surface area contributed by atoms with Crippen LogP contribution in [0, 0.1) is 5.82 Å². The van der Waals surface area contributed by atoms with E-state index in [-0.39, 0.29) is 15.0 Å². The second kappa shape index (κ2) is 8.51. The minimum atomic E-state index is -3.41. The van der Waals surface area contributed by atoms with Crippen LogP contribution in [0.15, 0.2) is 42.5 Å². The highest BCUT2D eigenvalue weighted by atomic mass is 32.2. The van der Waals surface area contributed by atoms with Gasteiger partial charge < -0.3 is 10.5 Å². The second-order valence-corrected chi connectivity index (χ2v) is 9.76. The van der Waals surface area contributed by atoms with Gasteiger partial charge >= 0.3 is 0 Å². The van der Waals surface area contributed by atoms with Gasteiger partial charge in [0.25, 0.3) is 0 Å². The van der Waals surface area contributed by atoms with Crippen molar-refractivity contribution in [3.05, 3.63) is 53.8 Å². The fourth-order valence-corrected chi connectivity index (χ4v) is 4.33. The van der Waals surface area contributed by atoms with Gasteiger partial charge in [-0.25, -0.2) is 17.5 Å². The average Bonchev–Trinajstić information content (AvgIpc) is 3.07. The summed E-state index contributed by atoms with van der Waals surface area (Å²) < 4.78 is 47.6. The number of primary amides is 1. The first-order valence-corrected chi connectivity index (χ1v) is 11.1. The number of nitrogens with one attached hydrogen (secondary N) is 1. The van der Waals surface area contributed by atoms with Crippen LogP contribution < -0.4 is 15.2 Å². The van der Waals surface area contributed by atoms with E-state index in [9.17, 15) is 17.6 Å². The second-order valence-electron chi connectivity index (χ2n) is 7.49. The Kier molecular flexibility index (Phi) is 6.24. The molecule has 0 unspecified atom stereocenters. The smallest absolute Gasteiger partial charge is 0.248 e. The van der Waals surface area contributed by atoms with Crippen LogP contribution in [0.4, 0.5) is 4.39 Å². The zero-order chi connectivity index (χ0) is 21.2. The van der Waals surface area contributed by atoms with E-state index in [1.165, 1.54) is 12.1 Å². The van der Waals surface area contributed by atoms with Crippen LogP contribution in [0.2, 0.25) is 0 Å². The number of carbonyl (C=O) groups excluding carboxylic acids is 1. The van der Waals surface area contributed by atoms with Crippen molar-refractivity contribution in [2.75, 3.05) is 0 Å². The van der Waals surface area contributed by atoms with E-state index in [1.54, 1.807) is 44.2 Å². The lowest BCUT2D eigenvalue weighted by atomic mass is 10.0. The molecule has 0 saturated heterocycles. The Hall–Kier alpha value is -2.45. The number of amides is 1. The number of halogens is 1. The summed E-state index contributed by atoms with van der Waals surface area (Å²) in [7, 11) is -3.41. The quantitative estimate of drug-likeness (QED) is 0.708. The molecule has 0 radical (unpaired) electrons. The number of ether oxygens (including phenoxy) is 1. The molecule has 0 aromatic heterocycles. The summed E-state index contributed by atoms with van der Waals surface area (Å²) in [5.74, 6) is -0.747. The summed E-state index contributed by atoms with van der Waals surface area (Å²) in [4.78, 5) is 11.3. The molecule has 160 valence electrons. The van der Waals surface area contributed by atoms with Crippen molar-refractivity contribution in [3.63, 3.8) is 0 Å². The molecule has 0 spiro atoms. The van der Waals surface area contributed by atoms with E-state index in [4.69, 9.17) is 10.5 Å². The molecule has 0 aliphatic heterocycles. The molecule has 3 rings (SSSR count). The molecule has 8 heteroatoms. The number of rotatable bonds is 7. The molecule has 1 saturated carbocycles. The van der Waals surface area contributed by atoms with E-state index >= 15 is 0 Å². The van der Waals surface area contributed by atoms with E-state index < -0.39 is 27.0 Å². The zero-order valence-corrected chi connectivity index (χ0v) is 17.2. The van der Waals surface area contributed by atoms with Crippen LogP contribution >= 0.6 is 0 Å². The Labute approximate surface area is 173 Å². The first-order valence-electron chi connectivity index (χ1n) is 9.55. The van der Waals surface area contributed by atoms with Crippen molar-refractivity contribution in [2.24, 2.45) is 5.73 Å². The van der Waals surface area contributed by atoms with E-state index in [0.29, 0.717) is 35.3 Å². The lowest BCUT2D eigenvalue weighted by Crippen LogP contribution is -2.44. The molecule has 0 bridgehead atoms. The SMILES string of the molecule is CC(C)S(=O)(=O)N[C@H]1CCC[C@H]1Oc1ccc(-c2cccc(C(N)=O)c2)c(F)c1.[HH].[HH]. The summed E-state index contributed by atoms with van der Waals surface area (Å²) in [5.41, 5.74) is 6.45. The molecule has 2 aromatic carbocycles. The first kappa shape index (κ1) is 21.3. The normalized spacial score (nSPS) is 19.4. The van der Waals surface area contributed by atoms with Crippen LogP contribution in [0.1, 0.15) is 46.3 Å². The third-order valence-electron chi connectivity index (χ3n) is 5.07. The van der Waals surface area contributed by atoms with Crippen LogP contribution in [0.25, 0.3) is 11.1 Å². The zero-order valence-electron chi connectivity index (χ0n) is 16.4. The van der Waals surface area contributed by atoms with Crippen LogP contribution in [-0.4, -0.2) is 31.7 Å². The molecule has 2 aromatic rings. The molecule has 1 aliphatic rings. The Bertz CT molecular complexity index is 1020. The van der Waals surface area contributed by atoms with Gasteiger partial charge in [-0.1, -0.05) is 12.1 Å². The number of hydrogen-bond donors (Lipinski definition) is 2. The van der Waals surface area contributed by atoms with Crippen LogP contribution in [0.5, 0.6) is 5.75 Å². The van der Waals surface area contributed by atoms with Crippen molar-refractivity contribution in [1.82, 2.24) is 4.72 Å². The number of carbonyl (C=O) groups is 1. The molecule has 3 N–H and O–H groups in total. The third kappa shape index (κ3) is 4.94. The Morgan fingerprint density at radius 3 is 2.66 bits per heavy atom. The highest BCUT2D eigenvalue weighted by molar-refractivity contribution is 7.90. The predicted molar refractivity (Wildman–Crippen MR) is 114 cm³/mol. The number of hydrogen-bond acceptors (Lipinski definition) is 4. The Morgan fingerprint density at radius 2 is 2.00 bits per heavy atom. The Morgan fingerprint density at radius 1 is 1.24 bits per heavy atom. The fraction of sp³-hybridized carbons (Fsp3) is 0.381. The molecule has 29 heavy (non-hydrogen) atoms. The maximum absolute atomic E-state index is 14.7. The summed E-state index contributed by atoms with van der Waals surface area (Å²) in [6.45, 7) is 3.24. The van der Waals surface area contributed by atoms with Gasteiger partial charge in [-0.3, -0.25) is 4.79 Å². The van der Waals surface area contributed by atoms with Gasteiger partial charge in [-0.05, 0) is 62.9 Å². The largest absolute Gasteiger partial charge is 0.489 e. The van der Waals surface area contributed by atoms with E-state index in [1.807, 2.05) is 0 Å². The molecular weight excluding hydrogens is 395 g/mol. The van der Waals surface area contributed by atoms with Gasteiger partial charge in [-0.2, -0.15) is 0 Å². The molecule has 2 atom stereocenters. The highest BCUT2D eigenvalue weighted by Gasteiger charge is 2.33. The fourth-order valence-electron chi connectivity index (χ4n) is 3.37. The van der Waals surface area contributed by atoms with Crippen molar-refractivity contribution in [1.29, 1.82) is 0 Å². The highest BCUT2D eigenvalue weighted by Crippen LogP contribution is 2.30. The monoisotopic (exact) mass is 424 g/mol. The van der Waals surface area contributed by atoms with Crippen LogP contribution in [0.3, 0.4) is 0 Å². The molecule has 1 aliphatic carbocycles. The van der Waals surface area contributed by atoms with Gasteiger partial charge in [0.15, 0.2) is 0 Å². The topological polar surface area (TPSA) is 98.5 Å². The Balaban J connectivity index is 0.00000240. The first-order chi connectivity index (χ1) is 13.7. The molecule has 0 heterocycles. The number of nitrogens with two attached hydrogens (primary N) is 1. The van der Waals surface area contributed by atoms with Crippen molar-refractivity contribution in [2.45, 2.75) is 50.5 Å².